The van der Waals surface area contributed by atoms with Gasteiger partial charge in [0, 0.05) is 23.1 Å². The van der Waals surface area contributed by atoms with Crippen LogP contribution in [0.25, 0.3) is 11.1 Å². The first-order chi connectivity index (χ1) is 17.1. The first-order valence-electron chi connectivity index (χ1n) is 11.8. The van der Waals surface area contributed by atoms with Crippen LogP contribution in [0.4, 0.5) is 0 Å². The van der Waals surface area contributed by atoms with Gasteiger partial charge in [-0.3, -0.25) is 0 Å². The van der Waals surface area contributed by atoms with E-state index in [4.69, 9.17) is 28.4 Å². The van der Waals surface area contributed by atoms with E-state index in [1.54, 1.807) is 27.0 Å². The highest BCUT2D eigenvalue weighted by Gasteiger charge is 2.38. The maximum Gasteiger partial charge on any atom is 0.338 e. The molecule has 36 heavy (non-hydrogen) atoms. The van der Waals surface area contributed by atoms with Gasteiger partial charge in [0.2, 0.25) is 11.5 Å². The molecule has 0 heterocycles. The summed E-state index contributed by atoms with van der Waals surface area (Å²) in [5, 5.41) is 11.5. The summed E-state index contributed by atoms with van der Waals surface area (Å²) in [5.41, 5.74) is 2.17. The molecule has 0 aromatic heterocycles. The highest BCUT2D eigenvalue weighted by Crippen LogP contribution is 2.56. The van der Waals surface area contributed by atoms with Gasteiger partial charge in [-0.1, -0.05) is 13.0 Å². The van der Waals surface area contributed by atoms with Crippen LogP contribution in [0.2, 0.25) is 0 Å². The Labute approximate surface area is 212 Å². The summed E-state index contributed by atoms with van der Waals surface area (Å²) in [4.78, 5) is 13.0. The maximum absolute atomic E-state index is 13.0. The first-order valence-corrected chi connectivity index (χ1v) is 11.8. The number of methoxy groups -OCH3 is 5. The van der Waals surface area contributed by atoms with E-state index in [-0.39, 0.29) is 17.4 Å². The molecule has 1 unspecified atom stereocenters. The van der Waals surface area contributed by atoms with Gasteiger partial charge in [0.25, 0.3) is 0 Å². The van der Waals surface area contributed by atoms with Crippen LogP contribution in [0.5, 0.6) is 34.5 Å². The second-order valence-corrected chi connectivity index (χ2v) is 9.16. The second kappa shape index (κ2) is 10.7. The molecule has 0 radical (unpaired) electrons. The number of ether oxygens (including phenoxy) is 6. The third-order valence-electron chi connectivity index (χ3n) is 6.96. The Hall–Kier alpha value is -3.39. The minimum absolute atomic E-state index is 0.151. The molecule has 0 fully saturated rings. The van der Waals surface area contributed by atoms with E-state index < -0.39 is 11.6 Å². The molecule has 0 spiro atoms. The van der Waals surface area contributed by atoms with Crippen molar-refractivity contribution in [2.45, 2.75) is 46.1 Å². The average molecular weight is 501 g/mol. The molecular formula is C28H36O8. The van der Waals surface area contributed by atoms with Crippen molar-refractivity contribution in [1.82, 2.24) is 0 Å². The fraction of sp³-hybridized carbons (Fsp3) is 0.464. The molecule has 2 aromatic carbocycles. The topological polar surface area (TPSA) is 92.7 Å². The quantitative estimate of drug-likeness (QED) is 0.331. The van der Waals surface area contributed by atoms with E-state index >= 15 is 0 Å². The molecule has 2 atom stereocenters. The zero-order valence-electron chi connectivity index (χ0n) is 22.5. The van der Waals surface area contributed by atoms with Gasteiger partial charge >= 0.3 is 5.97 Å². The van der Waals surface area contributed by atoms with Gasteiger partial charge in [0.1, 0.15) is 0 Å². The third kappa shape index (κ3) is 4.69. The SMILES string of the molecule is C/C=C(\C)C(=O)Oc1c(OC)c(OC)cc2c1-c1c(cc(OC)c(OC)c1OC)C[C@](C)(O)C(C)C2. The molecule has 3 rings (SSSR count). The molecule has 2 aromatic rings. The Balaban J connectivity index is 2.56. The van der Waals surface area contributed by atoms with Crippen LogP contribution >= 0.6 is 0 Å². The lowest BCUT2D eigenvalue weighted by Crippen LogP contribution is -2.37. The molecule has 0 amide bonds. The summed E-state index contributed by atoms with van der Waals surface area (Å²) in [6, 6.07) is 3.68. The standard InChI is InChI=1S/C28H36O8/c1-10-15(2)27(29)36-26-21-17(12-19(31-5)24(26)34-8)11-16(3)28(4,30)14-18-13-20(32-6)23(33-7)25(35-9)22(18)21/h10,12-13,16,30H,11,14H2,1-9H3/b15-10+/t16?,28-/m0/s1. The van der Waals surface area contributed by atoms with Gasteiger partial charge in [0.05, 0.1) is 41.2 Å². The van der Waals surface area contributed by atoms with Crippen molar-refractivity contribution in [3.8, 4) is 45.6 Å². The van der Waals surface area contributed by atoms with Gasteiger partial charge < -0.3 is 33.5 Å². The summed E-state index contributed by atoms with van der Waals surface area (Å²) >= 11 is 0. The van der Waals surface area contributed by atoms with Gasteiger partial charge in [-0.25, -0.2) is 4.79 Å². The lowest BCUT2D eigenvalue weighted by molar-refractivity contribution is -0.130. The Morgan fingerprint density at radius 3 is 1.89 bits per heavy atom. The van der Waals surface area contributed by atoms with E-state index in [1.807, 2.05) is 26.0 Å². The fourth-order valence-electron chi connectivity index (χ4n) is 4.57. The van der Waals surface area contributed by atoms with E-state index in [0.717, 1.165) is 11.1 Å². The lowest BCUT2D eigenvalue weighted by Gasteiger charge is -2.36. The van der Waals surface area contributed by atoms with Crippen molar-refractivity contribution in [3.05, 3.63) is 34.9 Å². The summed E-state index contributed by atoms with van der Waals surface area (Å²) < 4.78 is 34.5. The minimum atomic E-state index is -1.05. The monoisotopic (exact) mass is 500 g/mol. The number of hydrogen-bond donors (Lipinski definition) is 1. The fourth-order valence-corrected chi connectivity index (χ4v) is 4.57. The van der Waals surface area contributed by atoms with Crippen LogP contribution in [0, 0.1) is 5.92 Å². The maximum atomic E-state index is 13.0. The van der Waals surface area contributed by atoms with E-state index in [2.05, 4.69) is 0 Å². The lowest BCUT2D eigenvalue weighted by atomic mass is 9.75. The van der Waals surface area contributed by atoms with Gasteiger partial charge in [-0.05, 0) is 56.4 Å². The number of fused-ring (bicyclic) bond motifs is 3. The molecule has 1 aliphatic rings. The molecule has 8 heteroatoms. The average Bonchev–Trinajstić information content (AvgIpc) is 2.86. The van der Waals surface area contributed by atoms with Crippen molar-refractivity contribution >= 4 is 5.97 Å². The number of esters is 1. The molecule has 0 aliphatic heterocycles. The number of carbonyl (C=O) groups is 1. The van der Waals surface area contributed by atoms with Crippen molar-refractivity contribution < 1.29 is 38.3 Å². The summed E-state index contributed by atoms with van der Waals surface area (Å²) in [5.74, 6) is 1.46. The van der Waals surface area contributed by atoms with Gasteiger partial charge in [0.15, 0.2) is 23.0 Å². The number of hydrogen-bond acceptors (Lipinski definition) is 8. The predicted molar refractivity (Wildman–Crippen MR) is 137 cm³/mol. The first kappa shape index (κ1) is 27.2. The van der Waals surface area contributed by atoms with Gasteiger partial charge in [-0.15, -0.1) is 0 Å². The summed E-state index contributed by atoms with van der Waals surface area (Å²) in [6.45, 7) is 7.25. The largest absolute Gasteiger partial charge is 0.493 e. The smallest absolute Gasteiger partial charge is 0.338 e. The van der Waals surface area contributed by atoms with Crippen molar-refractivity contribution in [2.24, 2.45) is 5.92 Å². The highest BCUT2D eigenvalue weighted by atomic mass is 16.6. The molecule has 8 nitrogen and oxygen atoms in total. The molecular weight excluding hydrogens is 464 g/mol. The molecule has 1 aliphatic carbocycles. The zero-order chi connectivity index (χ0) is 26.8. The van der Waals surface area contributed by atoms with Crippen molar-refractivity contribution in [3.63, 3.8) is 0 Å². The van der Waals surface area contributed by atoms with Gasteiger partial charge in [-0.2, -0.15) is 0 Å². The molecule has 0 saturated carbocycles. The van der Waals surface area contributed by atoms with Crippen LogP contribution in [0.3, 0.4) is 0 Å². The van der Waals surface area contributed by atoms with Crippen LogP contribution in [0.15, 0.2) is 23.8 Å². The van der Waals surface area contributed by atoms with Crippen LogP contribution < -0.4 is 28.4 Å². The Morgan fingerprint density at radius 1 is 0.889 bits per heavy atom. The molecule has 196 valence electrons. The number of aliphatic hydroxyl groups is 1. The summed E-state index contributed by atoms with van der Waals surface area (Å²) in [7, 11) is 7.63. The van der Waals surface area contributed by atoms with Crippen LogP contribution in [-0.2, 0) is 17.6 Å². The molecule has 1 N–H and O–H groups in total. The number of carbonyl (C=O) groups excluding carboxylic acids is 1. The Bertz CT molecular complexity index is 1180. The van der Waals surface area contributed by atoms with E-state index in [9.17, 15) is 9.90 Å². The number of benzene rings is 2. The predicted octanol–water partition coefficient (Wildman–Crippen LogP) is 4.75. The zero-order valence-corrected chi connectivity index (χ0v) is 22.5. The second-order valence-electron chi connectivity index (χ2n) is 9.16. The summed E-state index contributed by atoms with van der Waals surface area (Å²) in [6.07, 6.45) is 2.46. The van der Waals surface area contributed by atoms with Crippen molar-refractivity contribution in [2.75, 3.05) is 35.5 Å². The van der Waals surface area contributed by atoms with Crippen LogP contribution in [-0.4, -0.2) is 52.2 Å². The molecule has 0 bridgehead atoms. The number of allylic oxidation sites excluding steroid dienone is 1. The van der Waals surface area contributed by atoms with E-state index in [1.165, 1.54) is 28.4 Å². The third-order valence-corrected chi connectivity index (χ3v) is 6.96. The Kier molecular flexibility index (Phi) is 8.09. The minimum Gasteiger partial charge on any atom is -0.493 e. The Morgan fingerprint density at radius 2 is 1.39 bits per heavy atom. The molecule has 0 saturated heterocycles. The highest BCUT2D eigenvalue weighted by molar-refractivity contribution is 5.94. The van der Waals surface area contributed by atoms with Crippen molar-refractivity contribution in [1.29, 1.82) is 0 Å². The normalized spacial score (nSPS) is 19.3. The van der Waals surface area contributed by atoms with Crippen LogP contribution in [0.1, 0.15) is 38.8 Å². The number of rotatable bonds is 7. The van der Waals surface area contributed by atoms with E-state index in [0.29, 0.717) is 52.5 Å².